The van der Waals surface area contributed by atoms with E-state index in [0.717, 1.165) is 56.1 Å². The number of fused-ring (bicyclic) bond motifs is 1. The minimum Gasteiger partial charge on any atom is -0.354 e. The van der Waals surface area contributed by atoms with E-state index in [1.165, 1.54) is 17.7 Å². The Kier molecular flexibility index (Phi) is 8.16. The number of benzene rings is 1. The highest BCUT2D eigenvalue weighted by Gasteiger charge is 2.24. The van der Waals surface area contributed by atoms with Crippen molar-refractivity contribution in [3.63, 3.8) is 0 Å². The lowest BCUT2D eigenvalue weighted by Gasteiger charge is -2.35. The molecule has 0 unspecified atom stereocenters. The lowest BCUT2D eigenvalue weighted by atomic mass is 10.0. The van der Waals surface area contributed by atoms with Crippen LogP contribution in [0.3, 0.4) is 0 Å². The van der Waals surface area contributed by atoms with E-state index >= 15 is 0 Å². The number of nitrogens with one attached hydrogen (secondary N) is 2. The molecule has 0 spiro atoms. The van der Waals surface area contributed by atoms with Gasteiger partial charge >= 0.3 is 0 Å². The second-order valence-corrected chi connectivity index (χ2v) is 8.45. The number of aromatic nitrogens is 2. The Labute approximate surface area is 197 Å². The SMILES string of the molecule is CN=C(NCc1nn(-c2ccccc2)c2c1CCC2)NC1CCN(C(C)C)CC1.I. The van der Waals surface area contributed by atoms with Gasteiger partial charge in [0.1, 0.15) is 0 Å². The summed E-state index contributed by atoms with van der Waals surface area (Å²) in [5.41, 5.74) is 5.09. The number of hydrogen-bond acceptors (Lipinski definition) is 3. The van der Waals surface area contributed by atoms with Crippen LogP contribution >= 0.6 is 24.0 Å². The Hall–Kier alpha value is -1.61. The first-order valence-corrected chi connectivity index (χ1v) is 11.0. The van der Waals surface area contributed by atoms with E-state index < -0.39 is 0 Å². The van der Waals surface area contributed by atoms with E-state index in [1.807, 2.05) is 7.05 Å². The second kappa shape index (κ2) is 10.6. The van der Waals surface area contributed by atoms with Crippen LogP contribution in [0.25, 0.3) is 5.69 Å². The fraction of sp³-hybridized carbons (Fsp3) is 0.565. The van der Waals surface area contributed by atoms with E-state index in [4.69, 9.17) is 5.10 Å². The minimum atomic E-state index is 0. The van der Waals surface area contributed by atoms with Gasteiger partial charge in [-0.3, -0.25) is 4.99 Å². The van der Waals surface area contributed by atoms with Crippen molar-refractivity contribution in [1.29, 1.82) is 0 Å². The van der Waals surface area contributed by atoms with Gasteiger partial charge in [0, 0.05) is 37.9 Å². The Morgan fingerprint density at radius 3 is 2.57 bits per heavy atom. The van der Waals surface area contributed by atoms with Crippen molar-refractivity contribution in [2.24, 2.45) is 4.99 Å². The van der Waals surface area contributed by atoms with Crippen molar-refractivity contribution >= 4 is 29.9 Å². The Balaban J connectivity index is 0.00000256. The van der Waals surface area contributed by atoms with Gasteiger partial charge in [0.15, 0.2) is 5.96 Å². The number of halogens is 1. The Morgan fingerprint density at radius 1 is 1.17 bits per heavy atom. The number of piperidine rings is 1. The fourth-order valence-corrected chi connectivity index (χ4v) is 4.55. The minimum absolute atomic E-state index is 0. The monoisotopic (exact) mass is 522 g/mol. The third kappa shape index (κ3) is 5.17. The Morgan fingerprint density at radius 2 is 1.90 bits per heavy atom. The topological polar surface area (TPSA) is 57.5 Å². The van der Waals surface area contributed by atoms with Crippen molar-refractivity contribution in [1.82, 2.24) is 25.3 Å². The van der Waals surface area contributed by atoms with Crippen LogP contribution < -0.4 is 10.6 Å². The molecule has 6 nitrogen and oxygen atoms in total. The van der Waals surface area contributed by atoms with Gasteiger partial charge in [-0.05, 0) is 63.6 Å². The van der Waals surface area contributed by atoms with E-state index in [-0.39, 0.29) is 24.0 Å². The van der Waals surface area contributed by atoms with Crippen LogP contribution in [-0.4, -0.2) is 52.9 Å². The van der Waals surface area contributed by atoms with E-state index in [9.17, 15) is 0 Å². The molecule has 1 aromatic carbocycles. The molecule has 0 radical (unpaired) electrons. The lowest BCUT2D eigenvalue weighted by molar-refractivity contribution is 0.167. The van der Waals surface area contributed by atoms with Gasteiger partial charge < -0.3 is 15.5 Å². The number of para-hydroxylation sites is 1. The first-order valence-electron chi connectivity index (χ1n) is 11.0. The summed E-state index contributed by atoms with van der Waals surface area (Å²) in [5, 5.41) is 12.1. The van der Waals surface area contributed by atoms with Crippen LogP contribution in [0.4, 0.5) is 0 Å². The van der Waals surface area contributed by atoms with Gasteiger partial charge in [0.05, 0.1) is 17.9 Å². The Bertz CT molecular complexity index is 837. The van der Waals surface area contributed by atoms with E-state index in [2.05, 4.69) is 69.4 Å². The van der Waals surface area contributed by atoms with Crippen LogP contribution in [0, 0.1) is 0 Å². The smallest absolute Gasteiger partial charge is 0.191 e. The summed E-state index contributed by atoms with van der Waals surface area (Å²) >= 11 is 0. The third-order valence-corrected chi connectivity index (χ3v) is 6.26. The largest absolute Gasteiger partial charge is 0.354 e. The molecule has 1 aliphatic carbocycles. The van der Waals surface area contributed by atoms with Crippen molar-refractivity contribution in [2.45, 2.75) is 64.6 Å². The standard InChI is InChI=1S/C23H34N6.HI/c1-17(2)28-14-12-18(13-15-28)26-23(24-3)25-16-21-20-10-7-11-22(20)29(27-21)19-8-5-4-6-9-19;/h4-6,8-9,17-18H,7,10-16H2,1-3H3,(H2,24,25,26);1H. The zero-order valence-corrected chi connectivity index (χ0v) is 20.7. The van der Waals surface area contributed by atoms with Crippen molar-refractivity contribution in [3.8, 4) is 5.69 Å². The maximum absolute atomic E-state index is 4.95. The van der Waals surface area contributed by atoms with Crippen LogP contribution in [0.5, 0.6) is 0 Å². The molecule has 1 aliphatic heterocycles. The molecule has 0 saturated carbocycles. The molecule has 164 valence electrons. The summed E-state index contributed by atoms with van der Waals surface area (Å²) in [4.78, 5) is 7.01. The molecule has 2 N–H and O–H groups in total. The molecule has 0 amide bonds. The number of aliphatic imine (C=N–C) groups is 1. The summed E-state index contributed by atoms with van der Waals surface area (Å²) in [6, 6.07) is 11.6. The molecule has 0 bridgehead atoms. The first kappa shape index (κ1) is 23.1. The van der Waals surface area contributed by atoms with Crippen molar-refractivity contribution in [3.05, 3.63) is 47.3 Å². The first-order chi connectivity index (χ1) is 14.2. The number of likely N-dealkylation sites (tertiary alicyclic amines) is 1. The molecule has 2 heterocycles. The molecular formula is C23H35IN6. The molecule has 2 aliphatic rings. The second-order valence-electron chi connectivity index (χ2n) is 8.45. The van der Waals surface area contributed by atoms with Crippen molar-refractivity contribution < 1.29 is 0 Å². The molecule has 30 heavy (non-hydrogen) atoms. The number of nitrogens with zero attached hydrogens (tertiary/aromatic N) is 4. The van der Waals surface area contributed by atoms with Crippen LogP contribution in [0.15, 0.2) is 35.3 Å². The quantitative estimate of drug-likeness (QED) is 0.359. The summed E-state index contributed by atoms with van der Waals surface area (Å²) in [6.45, 7) is 7.58. The van der Waals surface area contributed by atoms with Gasteiger partial charge in [-0.25, -0.2) is 4.68 Å². The van der Waals surface area contributed by atoms with Gasteiger partial charge in [-0.1, -0.05) is 18.2 Å². The zero-order valence-electron chi connectivity index (χ0n) is 18.4. The van der Waals surface area contributed by atoms with Gasteiger partial charge in [0.25, 0.3) is 0 Å². The van der Waals surface area contributed by atoms with Crippen molar-refractivity contribution in [2.75, 3.05) is 20.1 Å². The molecule has 1 fully saturated rings. The predicted molar refractivity (Wildman–Crippen MR) is 134 cm³/mol. The molecule has 7 heteroatoms. The summed E-state index contributed by atoms with van der Waals surface area (Å²) in [7, 11) is 1.85. The molecule has 1 aromatic heterocycles. The van der Waals surface area contributed by atoms with E-state index in [1.54, 1.807) is 0 Å². The highest BCUT2D eigenvalue weighted by molar-refractivity contribution is 14.0. The number of guanidine groups is 1. The highest BCUT2D eigenvalue weighted by atomic mass is 127. The molecule has 0 atom stereocenters. The molecular weight excluding hydrogens is 487 g/mol. The third-order valence-electron chi connectivity index (χ3n) is 6.26. The number of rotatable bonds is 5. The highest BCUT2D eigenvalue weighted by Crippen LogP contribution is 2.27. The lowest BCUT2D eigenvalue weighted by Crippen LogP contribution is -2.49. The normalized spacial score (nSPS) is 17.7. The zero-order chi connectivity index (χ0) is 20.2. The average Bonchev–Trinajstić information content (AvgIpc) is 3.35. The summed E-state index contributed by atoms with van der Waals surface area (Å²) in [6.07, 6.45) is 5.78. The summed E-state index contributed by atoms with van der Waals surface area (Å²) < 4.78 is 2.14. The van der Waals surface area contributed by atoms with E-state index in [0.29, 0.717) is 18.6 Å². The molecule has 4 rings (SSSR count). The average molecular weight is 522 g/mol. The van der Waals surface area contributed by atoms with Gasteiger partial charge in [-0.2, -0.15) is 5.10 Å². The number of hydrogen-bond donors (Lipinski definition) is 2. The molecule has 2 aromatic rings. The predicted octanol–water partition coefficient (Wildman–Crippen LogP) is 3.52. The van der Waals surface area contributed by atoms with Gasteiger partial charge in [-0.15, -0.1) is 24.0 Å². The maximum Gasteiger partial charge on any atom is 0.191 e. The molecule has 1 saturated heterocycles. The van der Waals surface area contributed by atoms with Crippen LogP contribution in [0.2, 0.25) is 0 Å². The van der Waals surface area contributed by atoms with Gasteiger partial charge in [0.2, 0.25) is 0 Å². The fourth-order valence-electron chi connectivity index (χ4n) is 4.55. The maximum atomic E-state index is 4.95. The summed E-state index contributed by atoms with van der Waals surface area (Å²) in [5.74, 6) is 0.883. The van der Waals surface area contributed by atoms with Crippen LogP contribution in [-0.2, 0) is 19.4 Å². The van der Waals surface area contributed by atoms with Crippen LogP contribution in [0.1, 0.15) is 50.1 Å².